The van der Waals surface area contributed by atoms with Crippen molar-refractivity contribution in [2.45, 2.75) is 46.0 Å². The molecule has 7 heteroatoms. The van der Waals surface area contributed by atoms with Crippen LogP contribution in [0.1, 0.15) is 51.5 Å². The fraction of sp³-hybridized carbons (Fsp3) is 0.321. The van der Waals surface area contributed by atoms with Gasteiger partial charge in [0.1, 0.15) is 10.1 Å². The first-order valence-electron chi connectivity index (χ1n) is 12.2. The molecule has 0 bridgehead atoms. The van der Waals surface area contributed by atoms with Crippen LogP contribution in [0.15, 0.2) is 65.7 Å². The van der Waals surface area contributed by atoms with E-state index < -0.39 is 0 Å². The first-order chi connectivity index (χ1) is 17.1. The second kappa shape index (κ2) is 12.2. The average Bonchev–Trinajstić information content (AvgIpc) is 3.42. The lowest BCUT2D eigenvalue weighted by atomic mass is 10.1. The highest BCUT2D eigenvalue weighted by molar-refractivity contribution is 8.26. The summed E-state index contributed by atoms with van der Waals surface area (Å²) in [4.78, 5) is 15.5. The van der Waals surface area contributed by atoms with Crippen molar-refractivity contribution in [2.75, 3.05) is 13.2 Å². The number of amides is 1. The van der Waals surface area contributed by atoms with E-state index in [9.17, 15) is 4.79 Å². The van der Waals surface area contributed by atoms with Crippen LogP contribution < -0.4 is 4.74 Å². The number of carbonyl (C=O) groups excluding carboxylic acids is 1. The molecule has 35 heavy (non-hydrogen) atoms. The zero-order valence-corrected chi connectivity index (χ0v) is 21.9. The van der Waals surface area contributed by atoms with Crippen LogP contribution in [0.25, 0.3) is 23.0 Å². The third kappa shape index (κ3) is 6.21. The molecule has 0 saturated carbocycles. The number of thioether (sulfide) groups is 1. The molecule has 4 rings (SSSR count). The van der Waals surface area contributed by atoms with Crippen LogP contribution in [0, 0.1) is 0 Å². The van der Waals surface area contributed by atoms with Crippen molar-refractivity contribution in [1.82, 2.24) is 14.7 Å². The third-order valence-electron chi connectivity index (χ3n) is 5.76. The van der Waals surface area contributed by atoms with Gasteiger partial charge in [-0.05, 0) is 55.3 Å². The van der Waals surface area contributed by atoms with E-state index in [1.165, 1.54) is 18.2 Å². The number of benzene rings is 2. The fourth-order valence-corrected chi connectivity index (χ4v) is 5.19. The van der Waals surface area contributed by atoms with Gasteiger partial charge in [0.2, 0.25) is 0 Å². The molecule has 2 heterocycles. The van der Waals surface area contributed by atoms with Gasteiger partial charge in [-0.2, -0.15) is 5.10 Å². The molecule has 1 aliphatic heterocycles. The number of para-hydroxylation sites is 1. The lowest BCUT2D eigenvalue weighted by Crippen LogP contribution is -2.29. The van der Waals surface area contributed by atoms with E-state index in [0.29, 0.717) is 22.4 Å². The Morgan fingerprint density at radius 3 is 2.49 bits per heavy atom. The van der Waals surface area contributed by atoms with E-state index in [0.717, 1.165) is 53.9 Å². The second-order valence-corrected chi connectivity index (χ2v) is 10.2. The normalized spacial score (nSPS) is 14.8. The van der Waals surface area contributed by atoms with Crippen LogP contribution in [-0.2, 0) is 4.79 Å². The summed E-state index contributed by atoms with van der Waals surface area (Å²) in [6, 6.07) is 17.9. The summed E-state index contributed by atoms with van der Waals surface area (Å²) in [7, 11) is 0. The van der Waals surface area contributed by atoms with Gasteiger partial charge < -0.3 is 4.74 Å². The van der Waals surface area contributed by atoms with E-state index in [4.69, 9.17) is 22.1 Å². The molecular formula is C28H31N3O2S2. The van der Waals surface area contributed by atoms with Crippen molar-refractivity contribution in [2.24, 2.45) is 0 Å². The van der Waals surface area contributed by atoms with Gasteiger partial charge in [-0.15, -0.1) is 0 Å². The maximum atomic E-state index is 13.2. The zero-order valence-electron chi connectivity index (χ0n) is 20.3. The largest absolute Gasteiger partial charge is 0.494 e. The van der Waals surface area contributed by atoms with Gasteiger partial charge in [-0.25, -0.2) is 4.68 Å². The molecule has 5 nitrogen and oxygen atoms in total. The maximum absolute atomic E-state index is 13.2. The summed E-state index contributed by atoms with van der Waals surface area (Å²) in [5.41, 5.74) is 3.61. The third-order valence-corrected chi connectivity index (χ3v) is 7.14. The summed E-state index contributed by atoms with van der Waals surface area (Å²) in [5, 5.41) is 4.88. The number of aromatic nitrogens is 2. The summed E-state index contributed by atoms with van der Waals surface area (Å²) < 4.78 is 8.23. The van der Waals surface area contributed by atoms with E-state index in [-0.39, 0.29) is 5.91 Å². The van der Waals surface area contributed by atoms with E-state index in [1.807, 2.05) is 71.6 Å². The number of ether oxygens (including phenoxy) is 1. The van der Waals surface area contributed by atoms with Crippen molar-refractivity contribution in [3.05, 3.63) is 71.3 Å². The van der Waals surface area contributed by atoms with Crippen molar-refractivity contribution < 1.29 is 9.53 Å². The maximum Gasteiger partial charge on any atom is 0.266 e. The van der Waals surface area contributed by atoms with Crippen molar-refractivity contribution in [3.8, 4) is 22.7 Å². The van der Waals surface area contributed by atoms with Crippen LogP contribution in [0.2, 0.25) is 0 Å². The topological polar surface area (TPSA) is 47.4 Å². The van der Waals surface area contributed by atoms with Gasteiger partial charge in [0.15, 0.2) is 0 Å². The molecule has 0 unspecified atom stereocenters. The molecule has 1 aromatic heterocycles. The summed E-state index contributed by atoms with van der Waals surface area (Å²) in [5.74, 6) is 0.821. The Balaban J connectivity index is 1.64. The number of hydrogen-bond donors (Lipinski definition) is 0. The molecule has 182 valence electrons. The number of thiocarbonyl (C=S) groups is 1. The Morgan fingerprint density at radius 2 is 1.77 bits per heavy atom. The van der Waals surface area contributed by atoms with Gasteiger partial charge in [0.25, 0.3) is 5.91 Å². The SMILES string of the molecule is CCCCCCN1C(=O)/C(=C/c2cn(-c3ccccc3)nc2-c2ccc(OCCC)cc2)SC1=S. The van der Waals surface area contributed by atoms with E-state index in [1.54, 1.807) is 4.90 Å². The molecular weight excluding hydrogens is 474 g/mol. The quantitative estimate of drug-likeness (QED) is 0.158. The molecule has 1 aliphatic rings. The highest BCUT2D eigenvalue weighted by atomic mass is 32.2. The number of nitrogens with zero attached hydrogens (tertiary/aromatic N) is 3. The minimum absolute atomic E-state index is 0.0155. The summed E-state index contributed by atoms with van der Waals surface area (Å²) in [6.07, 6.45) is 9.28. The smallest absolute Gasteiger partial charge is 0.266 e. The van der Waals surface area contributed by atoms with Gasteiger partial charge >= 0.3 is 0 Å². The van der Waals surface area contributed by atoms with Crippen molar-refractivity contribution in [1.29, 1.82) is 0 Å². The first kappa shape index (κ1) is 25.2. The Bertz CT molecular complexity index is 1190. The summed E-state index contributed by atoms with van der Waals surface area (Å²) >= 11 is 6.91. The van der Waals surface area contributed by atoms with Gasteiger partial charge in [-0.3, -0.25) is 9.69 Å². The Hall–Kier alpha value is -2.90. The molecule has 0 N–H and O–H groups in total. The monoisotopic (exact) mass is 505 g/mol. The number of unbranched alkanes of at least 4 members (excludes halogenated alkanes) is 3. The van der Waals surface area contributed by atoms with Gasteiger partial charge in [-0.1, -0.05) is 75.3 Å². The molecule has 0 aliphatic carbocycles. The molecule has 1 fully saturated rings. The molecule has 0 radical (unpaired) electrons. The number of hydrogen-bond acceptors (Lipinski definition) is 5. The highest BCUT2D eigenvalue weighted by Crippen LogP contribution is 2.35. The molecule has 3 aromatic rings. The van der Waals surface area contributed by atoms with Gasteiger partial charge in [0, 0.05) is 23.9 Å². The molecule has 0 spiro atoms. The van der Waals surface area contributed by atoms with E-state index >= 15 is 0 Å². The lowest BCUT2D eigenvalue weighted by Gasteiger charge is -2.13. The predicted molar refractivity (Wildman–Crippen MR) is 149 cm³/mol. The van der Waals surface area contributed by atoms with Crippen LogP contribution in [0.3, 0.4) is 0 Å². The Labute approximate surface area is 217 Å². The van der Waals surface area contributed by atoms with Crippen LogP contribution in [-0.4, -0.2) is 38.1 Å². The van der Waals surface area contributed by atoms with Crippen LogP contribution in [0.4, 0.5) is 0 Å². The number of carbonyl (C=O) groups is 1. The van der Waals surface area contributed by atoms with Crippen molar-refractivity contribution in [3.63, 3.8) is 0 Å². The molecule has 0 atom stereocenters. The predicted octanol–water partition coefficient (Wildman–Crippen LogP) is 7.11. The van der Waals surface area contributed by atoms with Crippen molar-refractivity contribution >= 4 is 40.3 Å². The average molecular weight is 506 g/mol. The molecule has 2 aromatic carbocycles. The minimum Gasteiger partial charge on any atom is -0.494 e. The lowest BCUT2D eigenvalue weighted by molar-refractivity contribution is -0.122. The summed E-state index contributed by atoms with van der Waals surface area (Å²) in [6.45, 7) is 5.64. The molecule has 1 saturated heterocycles. The standard InChI is InChI=1S/C28H31N3O2S2/c1-3-5-6-10-17-30-27(32)25(35-28(30)34)19-22-20-31(23-11-8-7-9-12-23)29-26(22)21-13-15-24(16-14-21)33-18-4-2/h7-9,11-16,19-20H,3-6,10,17-18H2,1-2H3/b25-19-. The van der Waals surface area contributed by atoms with Gasteiger partial charge in [0.05, 0.1) is 22.9 Å². The minimum atomic E-state index is -0.0155. The van der Waals surface area contributed by atoms with E-state index in [2.05, 4.69) is 13.8 Å². The Kier molecular flexibility index (Phi) is 8.77. The second-order valence-electron chi connectivity index (χ2n) is 8.48. The number of rotatable bonds is 11. The highest BCUT2D eigenvalue weighted by Gasteiger charge is 2.32. The zero-order chi connectivity index (χ0) is 24.6. The van der Waals surface area contributed by atoms with Crippen LogP contribution >= 0.6 is 24.0 Å². The molecule has 1 amide bonds. The Morgan fingerprint density at radius 1 is 1.00 bits per heavy atom. The van der Waals surface area contributed by atoms with Crippen LogP contribution in [0.5, 0.6) is 5.75 Å². The first-order valence-corrected chi connectivity index (χ1v) is 13.5. The fourth-order valence-electron chi connectivity index (χ4n) is 3.89.